The van der Waals surface area contributed by atoms with Crippen molar-refractivity contribution in [2.24, 2.45) is 0 Å². The van der Waals surface area contributed by atoms with E-state index in [1.54, 1.807) is 0 Å². The lowest BCUT2D eigenvalue weighted by Crippen LogP contribution is -2.19. The molecule has 3 heteroatoms. The fourth-order valence-electron chi connectivity index (χ4n) is 4.26. The van der Waals surface area contributed by atoms with Gasteiger partial charge in [-0.3, -0.25) is 9.89 Å². The van der Waals surface area contributed by atoms with Crippen molar-refractivity contribution in [1.82, 2.24) is 10.2 Å². The second-order valence-electron chi connectivity index (χ2n) is 7.28. The molecule has 1 N–H and O–H groups in total. The Morgan fingerprint density at radius 3 is 2.56 bits per heavy atom. The van der Waals surface area contributed by atoms with E-state index in [4.69, 9.17) is 0 Å². The summed E-state index contributed by atoms with van der Waals surface area (Å²) in [5.74, 6) is 0.436. The van der Waals surface area contributed by atoms with Crippen LogP contribution in [0.2, 0.25) is 0 Å². The Hall–Kier alpha value is -3.20. The molecule has 3 nitrogen and oxygen atoms in total. The van der Waals surface area contributed by atoms with E-state index < -0.39 is 0 Å². The lowest BCUT2D eigenvalue weighted by Gasteiger charge is -2.21. The molecule has 0 saturated carbocycles. The van der Waals surface area contributed by atoms with E-state index in [2.05, 4.69) is 64.8 Å². The Morgan fingerprint density at radius 2 is 1.67 bits per heavy atom. The molecule has 1 heterocycles. The SMILES string of the molecule is O=C1CC(c2ccccc2)Cc2[nH]nc(Cc3cccc4ccccc34)c21. The summed E-state index contributed by atoms with van der Waals surface area (Å²) in [5, 5.41) is 10.1. The third-order valence-corrected chi connectivity index (χ3v) is 5.59. The highest BCUT2D eigenvalue weighted by Crippen LogP contribution is 2.34. The zero-order chi connectivity index (χ0) is 18.2. The van der Waals surface area contributed by atoms with Crippen molar-refractivity contribution < 1.29 is 4.79 Å². The van der Waals surface area contributed by atoms with Gasteiger partial charge in [0.1, 0.15) is 0 Å². The van der Waals surface area contributed by atoms with Gasteiger partial charge in [-0.25, -0.2) is 0 Å². The van der Waals surface area contributed by atoms with Crippen molar-refractivity contribution in [3.63, 3.8) is 0 Å². The first kappa shape index (κ1) is 16.0. The monoisotopic (exact) mass is 352 g/mol. The quantitative estimate of drug-likeness (QED) is 0.560. The minimum Gasteiger partial charge on any atom is -0.294 e. The first-order valence-electron chi connectivity index (χ1n) is 9.40. The number of rotatable bonds is 3. The highest BCUT2D eigenvalue weighted by atomic mass is 16.1. The minimum absolute atomic E-state index is 0.203. The van der Waals surface area contributed by atoms with Crippen molar-refractivity contribution in [3.05, 3.63) is 101 Å². The molecule has 0 fully saturated rings. The largest absolute Gasteiger partial charge is 0.294 e. The topological polar surface area (TPSA) is 45.8 Å². The summed E-state index contributed by atoms with van der Waals surface area (Å²) in [6.07, 6.45) is 2.07. The third kappa shape index (κ3) is 2.85. The van der Waals surface area contributed by atoms with Gasteiger partial charge < -0.3 is 0 Å². The normalized spacial score (nSPS) is 16.4. The number of carbonyl (C=O) groups excluding carboxylic acids is 1. The molecule has 0 amide bonds. The molecule has 132 valence electrons. The predicted octanol–water partition coefficient (Wildman–Crippen LogP) is 5.07. The average molecular weight is 352 g/mol. The zero-order valence-electron chi connectivity index (χ0n) is 15.0. The summed E-state index contributed by atoms with van der Waals surface area (Å²) in [6, 6.07) is 25.0. The third-order valence-electron chi connectivity index (χ3n) is 5.59. The van der Waals surface area contributed by atoms with Crippen LogP contribution in [0.4, 0.5) is 0 Å². The molecule has 3 aromatic carbocycles. The molecule has 0 spiro atoms. The zero-order valence-corrected chi connectivity index (χ0v) is 15.0. The Bertz CT molecular complexity index is 1120. The van der Waals surface area contributed by atoms with Crippen LogP contribution >= 0.6 is 0 Å². The Labute approximate surface area is 158 Å². The van der Waals surface area contributed by atoms with Crippen LogP contribution < -0.4 is 0 Å². The second kappa shape index (κ2) is 6.51. The Kier molecular flexibility index (Phi) is 3.86. The van der Waals surface area contributed by atoms with Crippen molar-refractivity contribution in [2.45, 2.75) is 25.2 Å². The maximum atomic E-state index is 12.9. The van der Waals surface area contributed by atoms with Gasteiger partial charge in [0.15, 0.2) is 5.78 Å². The molecule has 5 rings (SSSR count). The summed E-state index contributed by atoms with van der Waals surface area (Å²) in [4.78, 5) is 12.9. The van der Waals surface area contributed by atoms with Crippen molar-refractivity contribution in [1.29, 1.82) is 0 Å². The first-order valence-corrected chi connectivity index (χ1v) is 9.40. The van der Waals surface area contributed by atoms with E-state index in [9.17, 15) is 4.79 Å². The number of ketones is 1. The summed E-state index contributed by atoms with van der Waals surface area (Å²) < 4.78 is 0. The molecule has 1 aliphatic rings. The van der Waals surface area contributed by atoms with Crippen LogP contribution in [0.15, 0.2) is 72.8 Å². The van der Waals surface area contributed by atoms with Gasteiger partial charge in [-0.05, 0) is 34.2 Å². The van der Waals surface area contributed by atoms with Gasteiger partial charge in [0.05, 0.1) is 11.3 Å². The van der Waals surface area contributed by atoms with Crippen LogP contribution in [0.3, 0.4) is 0 Å². The van der Waals surface area contributed by atoms with Crippen molar-refractivity contribution >= 4 is 16.6 Å². The number of benzene rings is 3. The van der Waals surface area contributed by atoms with Crippen LogP contribution in [0, 0.1) is 0 Å². The summed E-state index contributed by atoms with van der Waals surface area (Å²) >= 11 is 0. The molecular formula is C24H20N2O. The number of fused-ring (bicyclic) bond motifs is 2. The maximum absolute atomic E-state index is 12.9. The number of aromatic amines is 1. The lowest BCUT2D eigenvalue weighted by molar-refractivity contribution is 0.0963. The standard InChI is InChI=1S/C24H20N2O/c27-23-15-19(16-7-2-1-3-8-16)14-22-24(23)21(25-26-22)13-18-11-6-10-17-9-4-5-12-20(17)18/h1-12,19H,13-15H2,(H,25,26). The van der Waals surface area contributed by atoms with Crippen molar-refractivity contribution in [3.8, 4) is 0 Å². The number of nitrogens with one attached hydrogen (secondary N) is 1. The van der Waals surface area contributed by atoms with Gasteiger partial charge in [-0.15, -0.1) is 0 Å². The van der Waals surface area contributed by atoms with Crippen LogP contribution in [-0.2, 0) is 12.8 Å². The Morgan fingerprint density at radius 1 is 0.889 bits per heavy atom. The molecule has 0 saturated heterocycles. The Balaban J connectivity index is 1.49. The number of Topliss-reactive ketones (excluding diaryl/α,β-unsaturated/α-hetero) is 1. The summed E-state index contributed by atoms with van der Waals surface area (Å²) in [6.45, 7) is 0. The fraction of sp³-hybridized carbons (Fsp3) is 0.167. The van der Waals surface area contributed by atoms with Crippen LogP contribution in [-0.4, -0.2) is 16.0 Å². The average Bonchev–Trinajstić information content (AvgIpc) is 3.12. The first-order chi connectivity index (χ1) is 13.3. The molecule has 1 aromatic heterocycles. The van der Waals surface area contributed by atoms with E-state index in [0.717, 1.165) is 23.4 Å². The van der Waals surface area contributed by atoms with Crippen LogP contribution in [0.5, 0.6) is 0 Å². The van der Waals surface area contributed by atoms with E-state index in [1.165, 1.54) is 21.9 Å². The molecule has 0 aliphatic heterocycles. The molecule has 27 heavy (non-hydrogen) atoms. The molecule has 1 atom stereocenters. The van der Waals surface area contributed by atoms with Gasteiger partial charge in [0, 0.05) is 18.5 Å². The molecular weight excluding hydrogens is 332 g/mol. The number of hydrogen-bond acceptors (Lipinski definition) is 2. The van der Waals surface area contributed by atoms with Gasteiger partial charge in [0.25, 0.3) is 0 Å². The number of aromatic nitrogens is 2. The molecule has 0 bridgehead atoms. The summed E-state index contributed by atoms with van der Waals surface area (Å²) in [7, 11) is 0. The molecule has 0 radical (unpaired) electrons. The van der Waals surface area contributed by atoms with E-state index in [1.807, 2.05) is 18.2 Å². The van der Waals surface area contributed by atoms with Gasteiger partial charge in [-0.1, -0.05) is 72.8 Å². The molecule has 4 aromatic rings. The number of hydrogen-bond donors (Lipinski definition) is 1. The maximum Gasteiger partial charge on any atom is 0.167 e. The molecule has 1 unspecified atom stereocenters. The van der Waals surface area contributed by atoms with Gasteiger partial charge >= 0.3 is 0 Å². The lowest BCUT2D eigenvalue weighted by atomic mass is 9.81. The predicted molar refractivity (Wildman–Crippen MR) is 107 cm³/mol. The number of carbonyl (C=O) groups is 1. The summed E-state index contributed by atoms with van der Waals surface area (Å²) in [5.41, 5.74) is 5.10. The van der Waals surface area contributed by atoms with Gasteiger partial charge in [-0.2, -0.15) is 5.10 Å². The highest BCUT2D eigenvalue weighted by Gasteiger charge is 2.30. The van der Waals surface area contributed by atoms with Crippen LogP contribution in [0.25, 0.3) is 10.8 Å². The van der Waals surface area contributed by atoms with E-state index >= 15 is 0 Å². The smallest absolute Gasteiger partial charge is 0.167 e. The minimum atomic E-state index is 0.203. The molecule has 1 aliphatic carbocycles. The van der Waals surface area contributed by atoms with Crippen LogP contribution in [0.1, 0.15) is 45.2 Å². The van der Waals surface area contributed by atoms with E-state index in [-0.39, 0.29) is 11.7 Å². The second-order valence-corrected chi connectivity index (χ2v) is 7.28. The van der Waals surface area contributed by atoms with Crippen molar-refractivity contribution in [2.75, 3.05) is 0 Å². The number of H-pyrrole nitrogens is 1. The van der Waals surface area contributed by atoms with Gasteiger partial charge in [0.2, 0.25) is 0 Å². The highest BCUT2D eigenvalue weighted by molar-refractivity contribution is 6.00. The van der Waals surface area contributed by atoms with E-state index in [0.29, 0.717) is 12.8 Å². The fourth-order valence-corrected chi connectivity index (χ4v) is 4.26. The number of nitrogens with zero attached hydrogens (tertiary/aromatic N) is 1.